The number of aromatic nitrogens is 2. The van der Waals surface area contributed by atoms with Crippen LogP contribution in [0.3, 0.4) is 0 Å². The molecule has 23 heavy (non-hydrogen) atoms. The molecule has 0 bridgehead atoms. The Morgan fingerprint density at radius 2 is 2.00 bits per heavy atom. The van der Waals surface area contributed by atoms with E-state index in [-0.39, 0.29) is 11.9 Å². The number of hydrogen-bond acceptors (Lipinski definition) is 6. The lowest BCUT2D eigenvalue weighted by Gasteiger charge is -2.00. The molecule has 1 aromatic carbocycles. The van der Waals surface area contributed by atoms with Crippen molar-refractivity contribution in [1.82, 2.24) is 10.2 Å². The molecule has 0 saturated carbocycles. The topological polar surface area (TPSA) is 91.8 Å². The third-order valence-electron chi connectivity index (χ3n) is 2.81. The summed E-state index contributed by atoms with van der Waals surface area (Å²) in [5.41, 5.74) is 1.33. The van der Waals surface area contributed by atoms with E-state index < -0.39 is 5.91 Å². The van der Waals surface area contributed by atoms with Gasteiger partial charge in [0.1, 0.15) is 4.34 Å². The molecule has 0 saturated heterocycles. The third kappa shape index (κ3) is 3.35. The Hall–Kier alpha value is -2.40. The standard InChI is InChI=1S/C14H6Cl2N4O2S/c15-10-5-9(11(16)23-10)13-19-20-14(22-13)18-12(21)8-3-1-7(6-17)2-4-8/h1-5H,(H,18,20,21). The van der Waals surface area contributed by atoms with Crippen molar-refractivity contribution in [3.05, 3.63) is 50.1 Å². The van der Waals surface area contributed by atoms with Crippen LogP contribution in [0.15, 0.2) is 34.7 Å². The van der Waals surface area contributed by atoms with Gasteiger partial charge in [-0.1, -0.05) is 28.3 Å². The first-order valence-electron chi connectivity index (χ1n) is 6.17. The van der Waals surface area contributed by atoms with Crippen LogP contribution < -0.4 is 5.32 Å². The number of nitrogens with one attached hydrogen (secondary N) is 1. The molecule has 0 spiro atoms. The minimum Gasteiger partial charge on any atom is -0.403 e. The maximum atomic E-state index is 12.1. The third-order valence-corrected chi connectivity index (χ3v) is 4.30. The maximum absolute atomic E-state index is 12.1. The van der Waals surface area contributed by atoms with Gasteiger partial charge in [0, 0.05) is 5.56 Å². The van der Waals surface area contributed by atoms with E-state index in [2.05, 4.69) is 15.5 Å². The molecule has 0 radical (unpaired) electrons. The number of carbonyl (C=O) groups is 1. The van der Waals surface area contributed by atoms with Crippen molar-refractivity contribution < 1.29 is 9.21 Å². The molecule has 0 aliphatic rings. The Bertz CT molecular complexity index is 912. The summed E-state index contributed by atoms with van der Waals surface area (Å²) in [5.74, 6) is -0.271. The normalized spacial score (nSPS) is 10.3. The first-order chi connectivity index (χ1) is 11.1. The number of rotatable bonds is 3. The molecule has 2 aromatic heterocycles. The van der Waals surface area contributed by atoms with Crippen LogP contribution in [0.25, 0.3) is 11.5 Å². The number of halogens is 2. The quantitative estimate of drug-likeness (QED) is 0.750. The zero-order chi connectivity index (χ0) is 16.4. The van der Waals surface area contributed by atoms with Crippen LogP contribution in [0.4, 0.5) is 6.01 Å². The number of benzene rings is 1. The minimum atomic E-state index is -0.431. The lowest BCUT2D eigenvalue weighted by Crippen LogP contribution is -2.11. The van der Waals surface area contributed by atoms with Gasteiger partial charge in [0.25, 0.3) is 11.8 Å². The number of nitrogens with zero attached hydrogens (tertiary/aromatic N) is 3. The van der Waals surface area contributed by atoms with Crippen LogP contribution in [0.5, 0.6) is 0 Å². The molecule has 0 aliphatic carbocycles. The van der Waals surface area contributed by atoms with Crippen LogP contribution >= 0.6 is 34.5 Å². The minimum absolute atomic E-state index is 0.0623. The molecule has 0 unspecified atom stereocenters. The molecule has 3 rings (SSSR count). The summed E-state index contributed by atoms with van der Waals surface area (Å²) in [6, 6.07) is 9.66. The molecular formula is C14H6Cl2N4O2S. The van der Waals surface area contributed by atoms with Crippen molar-refractivity contribution in [1.29, 1.82) is 5.26 Å². The van der Waals surface area contributed by atoms with E-state index in [1.165, 1.54) is 23.5 Å². The van der Waals surface area contributed by atoms with Crippen molar-refractivity contribution in [3.63, 3.8) is 0 Å². The summed E-state index contributed by atoms with van der Waals surface area (Å²) >= 11 is 13.1. The summed E-state index contributed by atoms with van der Waals surface area (Å²) in [6.07, 6.45) is 0. The number of anilines is 1. The van der Waals surface area contributed by atoms with Crippen LogP contribution in [0.2, 0.25) is 8.67 Å². The van der Waals surface area contributed by atoms with Gasteiger partial charge in [-0.3, -0.25) is 10.1 Å². The summed E-state index contributed by atoms with van der Waals surface area (Å²) in [5, 5.41) is 18.8. The van der Waals surface area contributed by atoms with E-state index in [9.17, 15) is 4.79 Å². The monoisotopic (exact) mass is 364 g/mol. The highest BCUT2D eigenvalue weighted by Gasteiger charge is 2.17. The highest BCUT2D eigenvalue weighted by atomic mass is 35.5. The number of amides is 1. The van der Waals surface area contributed by atoms with Crippen LogP contribution in [0.1, 0.15) is 15.9 Å². The fourth-order valence-electron chi connectivity index (χ4n) is 1.73. The molecule has 1 N–H and O–H groups in total. The summed E-state index contributed by atoms with van der Waals surface area (Å²) in [4.78, 5) is 12.1. The molecule has 1 amide bonds. The first-order valence-corrected chi connectivity index (χ1v) is 7.74. The lowest BCUT2D eigenvalue weighted by molar-refractivity contribution is 0.102. The van der Waals surface area contributed by atoms with Crippen molar-refractivity contribution in [2.75, 3.05) is 5.32 Å². The van der Waals surface area contributed by atoms with Gasteiger partial charge in [0.05, 0.1) is 21.5 Å². The van der Waals surface area contributed by atoms with Gasteiger partial charge in [-0.25, -0.2) is 0 Å². The molecule has 2 heterocycles. The average molecular weight is 365 g/mol. The number of hydrogen-bond donors (Lipinski definition) is 1. The van der Waals surface area contributed by atoms with Gasteiger partial charge >= 0.3 is 6.01 Å². The Morgan fingerprint density at radius 3 is 2.61 bits per heavy atom. The SMILES string of the molecule is N#Cc1ccc(C(=O)Nc2nnc(-c3cc(Cl)sc3Cl)o2)cc1. The van der Waals surface area contributed by atoms with Gasteiger partial charge in [-0.2, -0.15) is 5.26 Å². The smallest absolute Gasteiger partial charge is 0.322 e. The van der Waals surface area contributed by atoms with Crippen LogP contribution in [0, 0.1) is 11.3 Å². The fraction of sp³-hybridized carbons (Fsp3) is 0. The molecule has 3 aromatic rings. The lowest BCUT2D eigenvalue weighted by atomic mass is 10.1. The van der Waals surface area contributed by atoms with Crippen molar-refractivity contribution in [2.45, 2.75) is 0 Å². The zero-order valence-corrected chi connectivity index (χ0v) is 13.5. The first kappa shape index (κ1) is 15.5. The Morgan fingerprint density at radius 1 is 1.26 bits per heavy atom. The summed E-state index contributed by atoms with van der Waals surface area (Å²) < 4.78 is 6.27. The number of nitriles is 1. The van der Waals surface area contributed by atoms with E-state index in [4.69, 9.17) is 32.9 Å². The van der Waals surface area contributed by atoms with Crippen molar-refractivity contribution in [3.8, 4) is 17.5 Å². The van der Waals surface area contributed by atoms with Crippen molar-refractivity contribution >= 4 is 46.5 Å². The highest BCUT2D eigenvalue weighted by Crippen LogP contribution is 2.37. The highest BCUT2D eigenvalue weighted by molar-refractivity contribution is 7.20. The second kappa shape index (κ2) is 6.38. The second-order valence-corrected chi connectivity index (χ2v) is 6.58. The van der Waals surface area contributed by atoms with Gasteiger partial charge in [0.2, 0.25) is 0 Å². The van der Waals surface area contributed by atoms with Crippen molar-refractivity contribution in [2.24, 2.45) is 0 Å². The van der Waals surface area contributed by atoms with E-state index >= 15 is 0 Å². The molecule has 9 heteroatoms. The van der Waals surface area contributed by atoms with E-state index in [1.54, 1.807) is 18.2 Å². The van der Waals surface area contributed by atoms with Gasteiger partial charge < -0.3 is 4.42 Å². The Balaban J connectivity index is 1.77. The fourth-order valence-corrected chi connectivity index (χ4v) is 3.18. The zero-order valence-electron chi connectivity index (χ0n) is 11.2. The maximum Gasteiger partial charge on any atom is 0.322 e. The van der Waals surface area contributed by atoms with E-state index in [1.807, 2.05) is 6.07 Å². The number of thiophene rings is 1. The van der Waals surface area contributed by atoms with E-state index in [0.717, 1.165) is 0 Å². The van der Waals surface area contributed by atoms with Gasteiger partial charge in [0.15, 0.2) is 0 Å². The molecule has 114 valence electrons. The number of carbonyl (C=O) groups excluding carboxylic acids is 1. The molecular weight excluding hydrogens is 359 g/mol. The summed E-state index contributed by atoms with van der Waals surface area (Å²) in [6.45, 7) is 0. The van der Waals surface area contributed by atoms with E-state index in [0.29, 0.717) is 25.4 Å². The molecule has 0 fully saturated rings. The largest absolute Gasteiger partial charge is 0.403 e. The average Bonchev–Trinajstić information content (AvgIpc) is 3.13. The predicted molar refractivity (Wildman–Crippen MR) is 86.7 cm³/mol. The van der Waals surface area contributed by atoms with Gasteiger partial charge in [-0.15, -0.1) is 16.4 Å². The summed E-state index contributed by atoms with van der Waals surface area (Å²) in [7, 11) is 0. The second-order valence-electron chi connectivity index (χ2n) is 4.29. The Kier molecular flexibility index (Phi) is 4.30. The predicted octanol–water partition coefficient (Wildman–Crippen LogP) is 4.23. The Labute approximate surface area is 144 Å². The van der Waals surface area contributed by atoms with Crippen LogP contribution in [-0.2, 0) is 0 Å². The van der Waals surface area contributed by atoms with Crippen LogP contribution in [-0.4, -0.2) is 16.1 Å². The molecule has 0 atom stereocenters. The molecule has 0 aliphatic heterocycles. The van der Waals surface area contributed by atoms with Gasteiger partial charge in [-0.05, 0) is 30.3 Å². The molecule has 6 nitrogen and oxygen atoms in total.